The first-order chi connectivity index (χ1) is 10.0. The number of methoxy groups -OCH3 is 1. The van der Waals surface area contributed by atoms with Crippen molar-refractivity contribution in [1.82, 2.24) is 4.98 Å². The highest BCUT2D eigenvalue weighted by molar-refractivity contribution is 6.39. The summed E-state index contributed by atoms with van der Waals surface area (Å²) in [6.45, 7) is 0. The number of nitrogens with one attached hydrogen (secondary N) is 1. The van der Waals surface area contributed by atoms with Gasteiger partial charge in [-0.3, -0.25) is 9.59 Å². The van der Waals surface area contributed by atoms with Crippen LogP contribution in [0.1, 0.15) is 22.5 Å². The number of esters is 1. The molecular weight excluding hydrogens is 294 g/mol. The molecule has 5 nitrogen and oxygen atoms in total. The molecule has 1 N–H and O–H groups in total. The Bertz CT molecular complexity index is 777. The van der Waals surface area contributed by atoms with Crippen molar-refractivity contribution in [3.63, 3.8) is 0 Å². The molecule has 108 valence electrons. The third-order valence-electron chi connectivity index (χ3n) is 3.82. The maximum atomic E-state index is 12.4. The number of carbonyl (C=O) groups excluding carboxylic acids is 3. The van der Waals surface area contributed by atoms with E-state index in [0.29, 0.717) is 23.6 Å². The van der Waals surface area contributed by atoms with Crippen molar-refractivity contribution in [3.05, 3.63) is 34.5 Å². The van der Waals surface area contributed by atoms with Gasteiger partial charge in [0.05, 0.1) is 18.7 Å². The number of carbonyl (C=O) groups is 3. The number of hydrogen-bond acceptors (Lipinski definition) is 4. The molecule has 0 bridgehead atoms. The molecule has 1 atom stereocenters. The summed E-state index contributed by atoms with van der Waals surface area (Å²) in [5, 5.41) is 1.47. The van der Waals surface area contributed by atoms with E-state index in [1.54, 1.807) is 18.2 Å². The fraction of sp³-hybridized carbons (Fsp3) is 0.267. The Balaban J connectivity index is 2.05. The lowest BCUT2D eigenvalue weighted by Crippen LogP contribution is -2.34. The number of aryl methyl sites for hydroxylation is 1. The topological polar surface area (TPSA) is 76.2 Å². The van der Waals surface area contributed by atoms with Gasteiger partial charge in [0.15, 0.2) is 5.78 Å². The Kier molecular flexibility index (Phi) is 3.29. The zero-order valence-electron chi connectivity index (χ0n) is 11.2. The smallest absolute Gasteiger partial charge is 0.375 e. The van der Waals surface area contributed by atoms with Crippen LogP contribution in [0.15, 0.2) is 18.2 Å². The molecule has 1 aromatic carbocycles. The standard InChI is InChI=1S/C15H12ClNO4/c1-21-15(20)14(19)9-4-3-8-10-6-7(16)2-5-11(10)17-12(8)13(9)18/h2,5-6,9,17H,3-4H2,1H3. The van der Waals surface area contributed by atoms with Gasteiger partial charge in [0.2, 0.25) is 0 Å². The Labute approximate surface area is 125 Å². The number of rotatable bonds is 2. The quantitative estimate of drug-likeness (QED) is 0.525. The van der Waals surface area contributed by atoms with Gasteiger partial charge in [-0.05, 0) is 36.6 Å². The second-order valence-corrected chi connectivity index (χ2v) is 5.42. The number of aromatic amines is 1. The average molecular weight is 306 g/mol. The number of H-pyrrole nitrogens is 1. The molecule has 6 heteroatoms. The van der Waals surface area contributed by atoms with Crippen molar-refractivity contribution < 1.29 is 19.1 Å². The van der Waals surface area contributed by atoms with Crippen LogP contribution in [0.5, 0.6) is 0 Å². The lowest BCUT2D eigenvalue weighted by Gasteiger charge is -2.18. The van der Waals surface area contributed by atoms with Gasteiger partial charge in [-0.15, -0.1) is 0 Å². The molecule has 3 rings (SSSR count). The van der Waals surface area contributed by atoms with Crippen molar-refractivity contribution >= 4 is 40.0 Å². The second-order valence-electron chi connectivity index (χ2n) is 4.98. The number of fused-ring (bicyclic) bond motifs is 3. The zero-order chi connectivity index (χ0) is 15.1. The third-order valence-corrected chi connectivity index (χ3v) is 4.05. The summed E-state index contributed by atoms with van der Waals surface area (Å²) < 4.78 is 4.41. The maximum absolute atomic E-state index is 12.4. The number of aromatic nitrogens is 1. The lowest BCUT2D eigenvalue weighted by atomic mass is 9.83. The number of ketones is 2. The summed E-state index contributed by atoms with van der Waals surface area (Å²) in [5.41, 5.74) is 2.04. The molecule has 1 aliphatic carbocycles. The fourth-order valence-electron chi connectivity index (χ4n) is 2.78. The van der Waals surface area contributed by atoms with E-state index in [1.165, 1.54) is 0 Å². The van der Waals surface area contributed by atoms with Crippen LogP contribution < -0.4 is 0 Å². The molecule has 1 aromatic heterocycles. The minimum absolute atomic E-state index is 0.305. The Hall–Kier alpha value is -2.14. The van der Waals surface area contributed by atoms with E-state index in [9.17, 15) is 14.4 Å². The monoisotopic (exact) mass is 305 g/mol. The molecule has 0 saturated carbocycles. The molecule has 0 spiro atoms. The molecule has 1 unspecified atom stereocenters. The van der Waals surface area contributed by atoms with Gasteiger partial charge in [0.25, 0.3) is 5.78 Å². The molecule has 21 heavy (non-hydrogen) atoms. The second kappa shape index (κ2) is 5.00. The SMILES string of the molecule is COC(=O)C(=O)C1CCc2c([nH]c3ccc(Cl)cc23)C1=O. The Morgan fingerprint density at radius 2 is 2.14 bits per heavy atom. The summed E-state index contributed by atoms with van der Waals surface area (Å²) in [5.74, 6) is -3.09. The average Bonchev–Trinajstić information content (AvgIpc) is 2.85. The minimum atomic E-state index is -0.976. The normalized spacial score (nSPS) is 17.6. The van der Waals surface area contributed by atoms with Gasteiger partial charge in [-0.25, -0.2) is 4.79 Å². The van der Waals surface area contributed by atoms with E-state index in [4.69, 9.17) is 11.6 Å². The molecule has 1 heterocycles. The third kappa shape index (κ3) is 2.14. The van der Waals surface area contributed by atoms with Crippen molar-refractivity contribution in [2.45, 2.75) is 12.8 Å². The van der Waals surface area contributed by atoms with Crippen LogP contribution in [-0.2, 0) is 20.7 Å². The first-order valence-corrected chi connectivity index (χ1v) is 6.87. The molecule has 0 fully saturated rings. The van der Waals surface area contributed by atoms with Crippen molar-refractivity contribution in [2.75, 3.05) is 7.11 Å². The highest BCUT2D eigenvalue weighted by atomic mass is 35.5. The van der Waals surface area contributed by atoms with Crippen LogP contribution in [0.2, 0.25) is 5.02 Å². The Morgan fingerprint density at radius 3 is 2.86 bits per heavy atom. The van der Waals surface area contributed by atoms with E-state index in [0.717, 1.165) is 23.6 Å². The van der Waals surface area contributed by atoms with E-state index < -0.39 is 17.7 Å². The zero-order valence-corrected chi connectivity index (χ0v) is 12.0. The number of benzene rings is 1. The van der Waals surface area contributed by atoms with Crippen molar-refractivity contribution in [1.29, 1.82) is 0 Å². The number of halogens is 1. The van der Waals surface area contributed by atoms with E-state index in [2.05, 4.69) is 9.72 Å². The van der Waals surface area contributed by atoms with E-state index >= 15 is 0 Å². The van der Waals surface area contributed by atoms with Gasteiger partial charge >= 0.3 is 5.97 Å². The summed E-state index contributed by atoms with van der Waals surface area (Å²) in [4.78, 5) is 38.7. The predicted molar refractivity (Wildman–Crippen MR) is 76.5 cm³/mol. The first-order valence-electron chi connectivity index (χ1n) is 6.49. The maximum Gasteiger partial charge on any atom is 0.375 e. The largest absolute Gasteiger partial charge is 0.463 e. The summed E-state index contributed by atoms with van der Waals surface area (Å²) in [7, 11) is 1.13. The van der Waals surface area contributed by atoms with Gasteiger partial charge in [-0.1, -0.05) is 11.6 Å². The molecule has 0 saturated heterocycles. The molecular formula is C15H12ClNO4. The predicted octanol–water partition coefficient (Wildman–Crippen LogP) is 2.31. The first kappa shape index (κ1) is 13.8. The van der Waals surface area contributed by atoms with Crippen LogP contribution in [0.25, 0.3) is 10.9 Å². The fourth-order valence-corrected chi connectivity index (χ4v) is 2.95. The van der Waals surface area contributed by atoms with Crippen molar-refractivity contribution in [3.8, 4) is 0 Å². The van der Waals surface area contributed by atoms with Crippen LogP contribution >= 0.6 is 11.6 Å². The summed E-state index contributed by atoms with van der Waals surface area (Å²) in [6.07, 6.45) is 0.841. The van der Waals surface area contributed by atoms with Crippen LogP contribution in [0.4, 0.5) is 0 Å². The number of ether oxygens (including phenoxy) is 1. The molecule has 2 aromatic rings. The van der Waals surface area contributed by atoms with Gasteiger partial charge < -0.3 is 9.72 Å². The van der Waals surface area contributed by atoms with E-state index in [1.807, 2.05) is 0 Å². The van der Waals surface area contributed by atoms with Crippen LogP contribution in [0, 0.1) is 5.92 Å². The van der Waals surface area contributed by atoms with Crippen molar-refractivity contribution in [2.24, 2.45) is 5.92 Å². The molecule has 0 radical (unpaired) electrons. The summed E-state index contributed by atoms with van der Waals surface area (Å²) in [6, 6.07) is 5.32. The molecule has 1 aliphatic rings. The number of Topliss-reactive ketones (excluding diaryl/α,β-unsaturated/α-hetero) is 2. The lowest BCUT2D eigenvalue weighted by molar-refractivity contribution is -0.153. The van der Waals surface area contributed by atoms with Crippen LogP contribution in [-0.4, -0.2) is 29.6 Å². The highest BCUT2D eigenvalue weighted by Crippen LogP contribution is 2.33. The highest BCUT2D eigenvalue weighted by Gasteiger charge is 2.38. The molecule has 0 amide bonds. The Morgan fingerprint density at radius 1 is 1.38 bits per heavy atom. The van der Waals surface area contributed by atoms with E-state index in [-0.39, 0.29) is 5.78 Å². The number of hydrogen-bond donors (Lipinski definition) is 1. The van der Waals surface area contributed by atoms with Gasteiger partial charge in [0.1, 0.15) is 0 Å². The minimum Gasteiger partial charge on any atom is -0.463 e. The van der Waals surface area contributed by atoms with Crippen LogP contribution in [0.3, 0.4) is 0 Å². The van der Waals surface area contributed by atoms with Gasteiger partial charge in [0, 0.05) is 15.9 Å². The molecule has 0 aliphatic heterocycles. The van der Waals surface area contributed by atoms with Gasteiger partial charge in [-0.2, -0.15) is 0 Å². The summed E-state index contributed by atoms with van der Waals surface area (Å²) >= 11 is 5.98.